The number of nitrogens with two attached hydrogens (primary N) is 1. The van der Waals surface area contributed by atoms with Crippen LogP contribution in [-0.4, -0.2) is 61.5 Å². The van der Waals surface area contributed by atoms with Crippen LogP contribution in [0.2, 0.25) is 0 Å². The van der Waals surface area contributed by atoms with Gasteiger partial charge in [0.05, 0.1) is 22.8 Å². The summed E-state index contributed by atoms with van der Waals surface area (Å²) in [5.74, 6) is -0.313. The Kier molecular flexibility index (Phi) is 4.26. The Morgan fingerprint density at radius 3 is 2.40 bits per heavy atom. The van der Waals surface area contributed by atoms with Gasteiger partial charge >= 0.3 is 0 Å². The van der Waals surface area contributed by atoms with Crippen molar-refractivity contribution in [3.8, 4) is 0 Å². The van der Waals surface area contributed by atoms with Crippen LogP contribution in [0.15, 0.2) is 5.16 Å². The van der Waals surface area contributed by atoms with Gasteiger partial charge in [-0.05, 0) is 25.7 Å². The summed E-state index contributed by atoms with van der Waals surface area (Å²) in [7, 11) is -6.72. The van der Waals surface area contributed by atoms with Crippen LogP contribution in [0.1, 0.15) is 25.7 Å². The molecule has 116 valence electrons. The molecule has 0 radical (unpaired) electrons. The molecule has 0 aromatic rings. The molecule has 0 aliphatic carbocycles. The van der Waals surface area contributed by atoms with E-state index >= 15 is 0 Å². The van der Waals surface area contributed by atoms with Gasteiger partial charge in [0.25, 0.3) is 0 Å². The molecule has 0 amide bonds. The lowest BCUT2D eigenvalue weighted by atomic mass is 10.2. The van der Waals surface area contributed by atoms with E-state index < -0.39 is 31.2 Å². The summed E-state index contributed by atoms with van der Waals surface area (Å²) in [6, 6.07) is -0.622. The fraction of sp³-hybridized carbons (Fsp3) is 0.900. The molecule has 1 atom stereocenters. The molecule has 10 heteroatoms. The van der Waals surface area contributed by atoms with Crippen molar-refractivity contribution in [1.29, 1.82) is 0 Å². The number of rotatable bonds is 3. The fourth-order valence-corrected chi connectivity index (χ4v) is 6.72. The molecule has 8 nitrogen and oxygen atoms in total. The van der Waals surface area contributed by atoms with E-state index in [1.54, 1.807) is 0 Å². The van der Waals surface area contributed by atoms with Gasteiger partial charge < -0.3 is 10.9 Å². The van der Waals surface area contributed by atoms with Gasteiger partial charge in [-0.2, -0.15) is 4.31 Å². The standard InChI is InChI=1S/C10H19N3O5S2/c11-10(12-14)9-2-1-5-13(9)20(17,18)8-3-6-19(15,16)7-4-8/h8-9,14H,1-7H2,(H2,11,12). The van der Waals surface area contributed by atoms with Crippen LogP contribution >= 0.6 is 0 Å². The van der Waals surface area contributed by atoms with E-state index in [0.717, 1.165) is 0 Å². The van der Waals surface area contributed by atoms with E-state index in [-0.39, 0.29) is 30.2 Å². The summed E-state index contributed by atoms with van der Waals surface area (Å²) >= 11 is 0. The lowest BCUT2D eigenvalue weighted by Gasteiger charge is -2.30. The summed E-state index contributed by atoms with van der Waals surface area (Å²) in [5, 5.41) is 10.9. The van der Waals surface area contributed by atoms with Gasteiger partial charge in [0.2, 0.25) is 10.0 Å². The number of hydrogen-bond donors (Lipinski definition) is 2. The average Bonchev–Trinajstić information content (AvgIpc) is 2.87. The van der Waals surface area contributed by atoms with Crippen LogP contribution in [0.4, 0.5) is 0 Å². The van der Waals surface area contributed by atoms with Crippen molar-refractivity contribution in [1.82, 2.24) is 4.31 Å². The maximum atomic E-state index is 12.6. The minimum atomic E-state index is -3.62. The normalized spacial score (nSPS) is 29.6. The molecule has 0 aromatic heterocycles. The molecular weight excluding hydrogens is 306 g/mol. The second kappa shape index (κ2) is 5.49. The zero-order chi connectivity index (χ0) is 15.0. The van der Waals surface area contributed by atoms with Crippen LogP contribution in [0, 0.1) is 0 Å². The lowest BCUT2D eigenvalue weighted by molar-refractivity contribution is 0.311. The monoisotopic (exact) mass is 325 g/mol. The molecule has 20 heavy (non-hydrogen) atoms. The number of hydrogen-bond acceptors (Lipinski definition) is 6. The van der Waals surface area contributed by atoms with E-state index in [1.807, 2.05) is 0 Å². The highest BCUT2D eigenvalue weighted by atomic mass is 32.2. The third-order valence-electron chi connectivity index (χ3n) is 3.91. The van der Waals surface area contributed by atoms with Gasteiger partial charge in [-0.3, -0.25) is 0 Å². The maximum Gasteiger partial charge on any atom is 0.217 e. The van der Waals surface area contributed by atoms with E-state index in [9.17, 15) is 16.8 Å². The molecule has 2 fully saturated rings. The highest BCUT2D eigenvalue weighted by molar-refractivity contribution is 7.92. The molecule has 1 unspecified atom stereocenters. The Balaban J connectivity index is 2.18. The summed E-state index contributed by atoms with van der Waals surface area (Å²) in [6.07, 6.45) is 1.39. The number of oxime groups is 1. The van der Waals surface area contributed by atoms with Gasteiger partial charge in [0.1, 0.15) is 9.84 Å². The molecule has 2 aliphatic rings. The van der Waals surface area contributed by atoms with Crippen molar-refractivity contribution in [3.63, 3.8) is 0 Å². The zero-order valence-electron chi connectivity index (χ0n) is 11.0. The third-order valence-corrected chi connectivity index (χ3v) is 8.03. The van der Waals surface area contributed by atoms with Crippen molar-refractivity contribution < 1.29 is 22.0 Å². The van der Waals surface area contributed by atoms with Crippen LogP contribution in [0.25, 0.3) is 0 Å². The first-order valence-corrected chi connectivity index (χ1v) is 9.79. The Bertz CT molecular complexity index is 584. The first kappa shape index (κ1) is 15.5. The Hall–Kier alpha value is -0.870. The minimum Gasteiger partial charge on any atom is -0.409 e. The molecule has 2 aliphatic heterocycles. The third kappa shape index (κ3) is 2.91. The summed E-state index contributed by atoms with van der Waals surface area (Å²) in [6.45, 7) is 0.326. The molecule has 0 aromatic carbocycles. The average molecular weight is 325 g/mol. The van der Waals surface area contributed by atoms with Gasteiger partial charge in [0, 0.05) is 6.54 Å². The van der Waals surface area contributed by atoms with Crippen molar-refractivity contribution in [3.05, 3.63) is 0 Å². The first-order chi connectivity index (χ1) is 9.28. The smallest absolute Gasteiger partial charge is 0.217 e. The first-order valence-electron chi connectivity index (χ1n) is 6.46. The predicted molar refractivity (Wildman–Crippen MR) is 73.7 cm³/mol. The second-order valence-electron chi connectivity index (χ2n) is 5.19. The van der Waals surface area contributed by atoms with Gasteiger partial charge in [-0.1, -0.05) is 5.16 Å². The van der Waals surface area contributed by atoms with E-state index in [0.29, 0.717) is 19.4 Å². The quantitative estimate of drug-likeness (QED) is 0.299. The maximum absolute atomic E-state index is 12.6. The van der Waals surface area contributed by atoms with Crippen molar-refractivity contribution >= 4 is 25.7 Å². The number of amidine groups is 1. The number of sulfonamides is 1. The highest BCUT2D eigenvalue weighted by Gasteiger charge is 2.42. The minimum absolute atomic E-state index is 0.0982. The van der Waals surface area contributed by atoms with Gasteiger partial charge in [0.15, 0.2) is 5.84 Å². The van der Waals surface area contributed by atoms with Crippen molar-refractivity contribution in [2.24, 2.45) is 10.9 Å². The fourth-order valence-electron chi connectivity index (χ4n) is 2.76. The van der Waals surface area contributed by atoms with Gasteiger partial charge in [-0.25, -0.2) is 16.8 Å². The van der Waals surface area contributed by atoms with E-state index in [1.165, 1.54) is 4.31 Å². The van der Waals surface area contributed by atoms with E-state index in [4.69, 9.17) is 10.9 Å². The second-order valence-corrected chi connectivity index (χ2v) is 9.66. The molecule has 2 heterocycles. The van der Waals surface area contributed by atoms with E-state index in [2.05, 4.69) is 5.16 Å². The Labute approximate surface area is 118 Å². The summed E-state index contributed by atoms with van der Waals surface area (Å²) in [5.41, 5.74) is 5.54. The lowest BCUT2D eigenvalue weighted by Crippen LogP contribution is -2.49. The molecule has 2 rings (SSSR count). The number of sulfone groups is 1. The van der Waals surface area contributed by atoms with Crippen molar-refractivity contribution in [2.45, 2.75) is 37.0 Å². The SMILES string of the molecule is NC(=NO)C1CCCN1S(=O)(=O)C1CCS(=O)(=O)CC1. The molecule has 0 bridgehead atoms. The van der Waals surface area contributed by atoms with Crippen LogP contribution < -0.4 is 5.73 Å². The van der Waals surface area contributed by atoms with Crippen LogP contribution in [0.3, 0.4) is 0 Å². The molecular formula is C10H19N3O5S2. The molecule has 0 spiro atoms. The Morgan fingerprint density at radius 2 is 1.85 bits per heavy atom. The number of nitrogens with zero attached hydrogens (tertiary/aromatic N) is 2. The van der Waals surface area contributed by atoms with Crippen LogP contribution in [-0.2, 0) is 19.9 Å². The molecule has 0 saturated carbocycles. The largest absolute Gasteiger partial charge is 0.409 e. The predicted octanol–water partition coefficient (Wildman–Crippen LogP) is -0.896. The topological polar surface area (TPSA) is 130 Å². The van der Waals surface area contributed by atoms with Gasteiger partial charge in [-0.15, -0.1) is 0 Å². The summed E-state index contributed by atoms with van der Waals surface area (Å²) in [4.78, 5) is 0. The highest BCUT2D eigenvalue weighted by Crippen LogP contribution is 2.28. The summed E-state index contributed by atoms with van der Waals surface area (Å²) < 4.78 is 49.2. The van der Waals surface area contributed by atoms with Crippen LogP contribution in [0.5, 0.6) is 0 Å². The zero-order valence-corrected chi connectivity index (χ0v) is 12.6. The molecule has 2 saturated heterocycles. The Morgan fingerprint density at radius 1 is 1.25 bits per heavy atom. The van der Waals surface area contributed by atoms with Crippen molar-refractivity contribution in [2.75, 3.05) is 18.1 Å². The molecule has 3 N–H and O–H groups in total.